The molecule has 11 aromatic carbocycles. The Labute approximate surface area is 590 Å². The maximum atomic E-state index is 5.02. The van der Waals surface area contributed by atoms with Gasteiger partial charge in [-0.1, -0.05) is 0 Å². The molecule has 0 saturated carbocycles. The second kappa shape index (κ2) is 24.5. The van der Waals surface area contributed by atoms with E-state index < -0.39 is 41.8 Å². The van der Waals surface area contributed by atoms with Crippen LogP contribution in [0.2, 0.25) is 0 Å². The zero-order chi connectivity index (χ0) is 64.6. The number of hydrogen-bond acceptors (Lipinski definition) is 8. The van der Waals surface area contributed by atoms with Crippen LogP contribution in [0.3, 0.4) is 0 Å². The topological polar surface area (TPSA) is 64.5 Å². The second-order valence-corrected chi connectivity index (χ2v) is 31.0. The second-order valence-electron chi connectivity index (χ2n) is 24.8. The zero-order valence-corrected chi connectivity index (χ0v) is 57.5. The van der Waals surface area contributed by atoms with Gasteiger partial charge in [0.05, 0.1) is 0 Å². The van der Waals surface area contributed by atoms with Crippen molar-refractivity contribution in [1.82, 2.24) is 19.9 Å². The zero-order valence-electron chi connectivity index (χ0n) is 52.9. The van der Waals surface area contributed by atoms with E-state index in [2.05, 4.69) is 311 Å². The number of rotatable bonds is 12. The van der Waals surface area contributed by atoms with Crippen molar-refractivity contribution >= 4 is 171 Å². The Morgan fingerprint density at radius 3 is 0.980 bits per heavy atom. The average molecular weight is 1480 g/mol. The van der Waals surface area contributed by atoms with E-state index in [1.54, 1.807) is 0 Å². The molecule has 4 aliphatic heterocycles. The molecule has 8 nitrogen and oxygen atoms in total. The molecular formula is C86H56B2N8Te2. The Bertz CT molecular complexity index is 5240. The molecule has 0 saturated heterocycles. The van der Waals surface area contributed by atoms with E-state index in [1.165, 1.54) is 58.6 Å². The van der Waals surface area contributed by atoms with Gasteiger partial charge >= 0.3 is 596 Å². The number of anilines is 12. The first-order valence-electron chi connectivity index (χ1n) is 33.1. The fourth-order valence-electron chi connectivity index (χ4n) is 15.3. The van der Waals surface area contributed by atoms with Crippen molar-refractivity contribution in [2.75, 3.05) is 19.6 Å². The average Bonchev–Trinajstić information content (AvgIpc) is 0.697. The fourth-order valence-corrected chi connectivity index (χ4v) is 23.0. The van der Waals surface area contributed by atoms with Gasteiger partial charge in [-0.25, -0.2) is 0 Å². The fraction of sp³-hybridized carbons (Fsp3) is 0. The van der Waals surface area contributed by atoms with Crippen molar-refractivity contribution in [2.45, 2.75) is 0 Å². The normalized spacial score (nSPS) is 12.7. The third-order valence-electron chi connectivity index (χ3n) is 19.3. The molecule has 0 amide bonds. The molecule has 12 heteroatoms. The van der Waals surface area contributed by atoms with Gasteiger partial charge in [-0.05, 0) is 0 Å². The van der Waals surface area contributed by atoms with E-state index in [-0.39, 0.29) is 13.4 Å². The summed E-state index contributed by atoms with van der Waals surface area (Å²) in [5.41, 5.74) is 29.5. The van der Waals surface area contributed by atoms with E-state index in [0.29, 0.717) is 0 Å². The maximum absolute atomic E-state index is 5.02. The Balaban J connectivity index is 0.857. The van der Waals surface area contributed by atoms with Gasteiger partial charge in [-0.2, -0.15) is 0 Å². The van der Waals surface area contributed by atoms with Crippen molar-refractivity contribution in [3.05, 3.63) is 340 Å². The molecule has 0 N–H and O–H groups in total. The van der Waals surface area contributed by atoms with Crippen LogP contribution < -0.4 is 66.8 Å². The van der Waals surface area contributed by atoms with Crippen molar-refractivity contribution in [1.29, 1.82) is 0 Å². The van der Waals surface area contributed by atoms with Crippen LogP contribution in [-0.4, -0.2) is 75.2 Å². The van der Waals surface area contributed by atoms with Gasteiger partial charge in [0.2, 0.25) is 0 Å². The number of nitrogens with zero attached hydrogens (tertiary/aromatic N) is 8. The van der Waals surface area contributed by atoms with E-state index in [0.717, 1.165) is 102 Å². The predicted octanol–water partition coefficient (Wildman–Crippen LogP) is 13.4. The summed E-state index contributed by atoms with van der Waals surface area (Å²) in [6.45, 7) is -0.117. The molecule has 0 spiro atoms. The first kappa shape index (κ1) is 58.3. The predicted molar refractivity (Wildman–Crippen MR) is 410 cm³/mol. The summed E-state index contributed by atoms with van der Waals surface area (Å²) in [6, 6.07) is 116. The number of benzene rings is 11. The molecule has 0 atom stereocenters. The molecule has 0 radical (unpaired) electrons. The van der Waals surface area contributed by atoms with Crippen LogP contribution in [0.4, 0.5) is 68.2 Å². The van der Waals surface area contributed by atoms with Crippen molar-refractivity contribution < 1.29 is 0 Å². The first-order chi connectivity index (χ1) is 48.7. The molecule has 0 unspecified atom stereocenters. The van der Waals surface area contributed by atoms with Gasteiger partial charge in [0.25, 0.3) is 0 Å². The monoisotopic (exact) mass is 1480 g/mol. The Morgan fingerprint density at radius 2 is 0.582 bits per heavy atom. The molecule has 458 valence electrons. The summed E-state index contributed by atoms with van der Waals surface area (Å²) < 4.78 is 5.87. The summed E-state index contributed by atoms with van der Waals surface area (Å²) in [6.07, 6.45) is 7.60. The molecule has 8 heterocycles. The van der Waals surface area contributed by atoms with Crippen LogP contribution in [-0.2, 0) is 0 Å². The summed E-state index contributed by atoms with van der Waals surface area (Å²) in [5.74, 6) is 0. The van der Waals surface area contributed by atoms with E-state index in [4.69, 9.17) is 19.9 Å². The minimum atomic E-state index is -1.10. The minimum absolute atomic E-state index is 0.0586. The summed E-state index contributed by atoms with van der Waals surface area (Å²) in [5, 5.41) is 0. The van der Waals surface area contributed by atoms with E-state index >= 15 is 0 Å². The number of hydrogen-bond donors (Lipinski definition) is 0. The molecule has 0 bridgehead atoms. The van der Waals surface area contributed by atoms with Gasteiger partial charge in [-0.3, -0.25) is 0 Å². The van der Waals surface area contributed by atoms with Crippen molar-refractivity contribution in [2.24, 2.45) is 0 Å². The summed E-state index contributed by atoms with van der Waals surface area (Å²) in [7, 11) is 0. The Kier molecular flexibility index (Phi) is 14.6. The van der Waals surface area contributed by atoms with Crippen LogP contribution in [0.5, 0.6) is 0 Å². The van der Waals surface area contributed by atoms with Crippen LogP contribution in [0.15, 0.2) is 340 Å². The van der Waals surface area contributed by atoms with Crippen molar-refractivity contribution in [3.8, 4) is 45.0 Å². The van der Waals surface area contributed by atoms with E-state index in [9.17, 15) is 0 Å². The molecular weight excluding hydrogens is 1420 g/mol. The molecule has 4 aromatic heterocycles. The molecule has 4 aliphatic rings. The third-order valence-corrected chi connectivity index (χ3v) is 25.8. The molecule has 19 rings (SSSR count). The number of para-hydroxylation sites is 8. The van der Waals surface area contributed by atoms with Crippen LogP contribution >= 0.6 is 0 Å². The molecule has 98 heavy (non-hydrogen) atoms. The Hall–Kier alpha value is -11.1. The molecule has 15 aromatic rings. The van der Waals surface area contributed by atoms with Crippen LogP contribution in [0, 0.1) is 0 Å². The van der Waals surface area contributed by atoms with Gasteiger partial charge in [0.15, 0.2) is 0 Å². The van der Waals surface area contributed by atoms with Gasteiger partial charge in [-0.15, -0.1) is 0 Å². The summed E-state index contributed by atoms with van der Waals surface area (Å²) in [4.78, 5) is 30.1. The van der Waals surface area contributed by atoms with Crippen molar-refractivity contribution in [3.63, 3.8) is 0 Å². The van der Waals surface area contributed by atoms with E-state index in [1.807, 2.05) is 49.1 Å². The summed E-state index contributed by atoms with van der Waals surface area (Å²) >= 11 is -2.19. The van der Waals surface area contributed by atoms with Crippen LogP contribution in [0.25, 0.3) is 45.0 Å². The van der Waals surface area contributed by atoms with Gasteiger partial charge in [0, 0.05) is 0 Å². The molecule has 0 fully saturated rings. The Morgan fingerprint density at radius 1 is 0.245 bits per heavy atom. The number of fused-ring (bicyclic) bond motifs is 8. The number of aromatic nitrogens is 4. The number of pyridine rings is 4. The first-order valence-corrected chi connectivity index (χ1v) is 37.7. The third kappa shape index (κ3) is 9.81. The van der Waals surface area contributed by atoms with Crippen LogP contribution in [0.1, 0.15) is 0 Å². The van der Waals surface area contributed by atoms with Gasteiger partial charge < -0.3 is 0 Å². The molecule has 0 aliphatic carbocycles. The quantitative estimate of drug-likeness (QED) is 0.112. The van der Waals surface area contributed by atoms with Gasteiger partial charge in [0.1, 0.15) is 0 Å². The SMILES string of the molecule is c1ccc(N(c2cc3c4c(c2)N(c2ccccc2-c2ccccn2)c2ccccc2B4c2cc4c(cc2[Te]3)[Te]c2cc(N(c3ccccc3)c3ccccc3-c3ccccn3)cc3c2B4c2ccccc2N3c2ccccc2-c2ccccn2)c2ccccc2-c2ccccn2)cc1. The standard InChI is InChI=1S/C86H56B2N8Te2/c1-3-27-57(28-4-1)93(73-41-13-7-31-61(73)69-37-19-23-47-89-69)59-51-79-85-83(53-59)97-81-56-82-68(55-67(81)87(85)65-35-11-17-45-77(65)95(79)75-43-15-9-33-63(75)71-39-21-25-49-91-71)88-66-36-12-18-46-78(66)96(76-44-16-10-34-64(76)72-40-22-26-50-92-72)80-52-60(54-84(98-82)86(80)88)94(58-29-5-2-6-30-58)74-42-14-8-32-62(74)70-38-20-24-48-90-70/h1-56H.